The topological polar surface area (TPSA) is 99.0 Å². The zero-order chi connectivity index (χ0) is 24.3. The highest BCUT2D eigenvalue weighted by Gasteiger charge is 2.21. The Labute approximate surface area is 197 Å². The molecule has 0 aliphatic carbocycles. The molecule has 0 atom stereocenters. The zero-order valence-electron chi connectivity index (χ0n) is 19.3. The average Bonchev–Trinajstić information content (AvgIpc) is 3.14. The van der Waals surface area contributed by atoms with E-state index in [1.807, 2.05) is 31.4 Å². The molecule has 1 heterocycles. The number of nitrogens with zero attached hydrogens (tertiary/aromatic N) is 1. The third-order valence-electron chi connectivity index (χ3n) is 5.27. The largest absolute Gasteiger partial charge is 0.506 e. The summed E-state index contributed by atoms with van der Waals surface area (Å²) in [6.07, 6.45) is 0. The van der Waals surface area contributed by atoms with Gasteiger partial charge in [0.15, 0.2) is 0 Å². The fraction of sp³-hybridized carbons (Fsp3) is 0.269. The fourth-order valence-corrected chi connectivity index (χ4v) is 4.26. The Balaban J connectivity index is 1.85. The number of carboxylic acid groups (broad SMARTS) is 1. The van der Waals surface area contributed by atoms with Crippen LogP contribution in [-0.4, -0.2) is 27.8 Å². The van der Waals surface area contributed by atoms with E-state index >= 15 is 0 Å². The lowest BCUT2D eigenvalue weighted by Crippen LogP contribution is -2.22. The molecule has 0 aliphatic heterocycles. The average molecular weight is 465 g/mol. The molecule has 1 aromatic heterocycles. The number of benzene rings is 2. The van der Waals surface area contributed by atoms with Crippen LogP contribution in [0.5, 0.6) is 5.75 Å². The van der Waals surface area contributed by atoms with Gasteiger partial charge in [-0.05, 0) is 46.7 Å². The lowest BCUT2D eigenvalue weighted by atomic mass is 9.86. The van der Waals surface area contributed by atoms with Gasteiger partial charge in [-0.1, -0.05) is 58.9 Å². The molecule has 0 fully saturated rings. The monoisotopic (exact) mass is 464 g/mol. The van der Waals surface area contributed by atoms with Crippen LogP contribution in [0.25, 0.3) is 10.4 Å². The molecule has 3 rings (SSSR count). The van der Waals surface area contributed by atoms with E-state index in [0.717, 1.165) is 10.4 Å². The van der Waals surface area contributed by atoms with E-state index < -0.39 is 11.9 Å². The van der Waals surface area contributed by atoms with Crippen molar-refractivity contribution in [3.05, 3.63) is 76.2 Å². The summed E-state index contributed by atoms with van der Waals surface area (Å²) in [4.78, 5) is 24.2. The van der Waals surface area contributed by atoms with E-state index in [-0.39, 0.29) is 22.6 Å². The van der Waals surface area contributed by atoms with E-state index in [1.165, 1.54) is 41.2 Å². The summed E-state index contributed by atoms with van der Waals surface area (Å²) in [5, 5.41) is 26.1. The third-order valence-corrected chi connectivity index (χ3v) is 6.29. The lowest BCUT2D eigenvalue weighted by Gasteiger charge is -2.19. The van der Waals surface area contributed by atoms with Gasteiger partial charge in [0.1, 0.15) is 5.75 Å². The molecule has 1 amide bonds. The molecule has 7 heteroatoms. The minimum Gasteiger partial charge on any atom is -0.506 e. The van der Waals surface area contributed by atoms with Gasteiger partial charge in [-0.3, -0.25) is 4.79 Å². The molecule has 0 unspecified atom stereocenters. The Hall–Kier alpha value is -3.45. The van der Waals surface area contributed by atoms with Crippen LogP contribution in [0.4, 0.5) is 0 Å². The molecule has 3 aromatic rings. The summed E-state index contributed by atoms with van der Waals surface area (Å²) in [6.45, 7) is 10.3. The molecule has 0 spiro atoms. The van der Waals surface area contributed by atoms with Crippen molar-refractivity contribution in [3.8, 4) is 16.2 Å². The smallest absolute Gasteiger partial charge is 0.335 e. The first kappa shape index (κ1) is 24.2. The number of carbonyl (C=O) groups excluding carboxylic acids is 1. The SMILES string of the molecule is CC(C)/C(=N/NC(=O)c1ccc(C(=O)O)cc1)c1csc(-c2ccc(C(C)(C)C)cc2)c1O. The number of hydrogen-bond donors (Lipinski definition) is 3. The summed E-state index contributed by atoms with van der Waals surface area (Å²) in [7, 11) is 0. The number of carbonyl (C=O) groups is 2. The van der Waals surface area contributed by atoms with Gasteiger partial charge in [0.2, 0.25) is 0 Å². The molecule has 6 nitrogen and oxygen atoms in total. The van der Waals surface area contributed by atoms with Gasteiger partial charge in [0.05, 0.1) is 21.7 Å². The Bertz CT molecular complexity index is 1180. The number of thiophene rings is 1. The molecule has 0 aliphatic rings. The molecule has 172 valence electrons. The van der Waals surface area contributed by atoms with Crippen molar-refractivity contribution >= 4 is 28.9 Å². The van der Waals surface area contributed by atoms with Gasteiger partial charge < -0.3 is 10.2 Å². The second-order valence-electron chi connectivity index (χ2n) is 9.13. The Morgan fingerprint density at radius 1 is 0.970 bits per heavy atom. The first-order chi connectivity index (χ1) is 15.5. The van der Waals surface area contributed by atoms with Gasteiger partial charge >= 0.3 is 5.97 Å². The standard InChI is InChI=1S/C26H28N2O4S/c1-15(2)21(27-28-24(30)17-6-8-18(9-7-17)25(31)32)20-14-33-23(22(20)29)16-10-12-19(13-11-16)26(3,4)5/h6-15,29H,1-5H3,(H,28,30)(H,31,32)/b27-21-. The van der Waals surface area contributed by atoms with Gasteiger partial charge in [-0.2, -0.15) is 5.10 Å². The van der Waals surface area contributed by atoms with Crippen molar-refractivity contribution in [1.82, 2.24) is 5.43 Å². The number of hydrogen-bond acceptors (Lipinski definition) is 5. The van der Waals surface area contributed by atoms with Crippen molar-refractivity contribution in [3.63, 3.8) is 0 Å². The minimum atomic E-state index is -1.06. The molecule has 0 saturated heterocycles. The molecule has 0 saturated carbocycles. The van der Waals surface area contributed by atoms with Crippen molar-refractivity contribution in [2.75, 3.05) is 0 Å². The highest BCUT2D eigenvalue weighted by molar-refractivity contribution is 7.14. The van der Waals surface area contributed by atoms with E-state index in [1.54, 1.807) is 0 Å². The van der Waals surface area contributed by atoms with Crippen LogP contribution in [0.3, 0.4) is 0 Å². The van der Waals surface area contributed by atoms with E-state index in [9.17, 15) is 14.7 Å². The quantitative estimate of drug-likeness (QED) is 0.312. The Morgan fingerprint density at radius 2 is 1.55 bits per heavy atom. The van der Waals surface area contributed by atoms with Crippen molar-refractivity contribution < 1.29 is 19.8 Å². The van der Waals surface area contributed by atoms with Crippen LogP contribution in [0, 0.1) is 5.92 Å². The zero-order valence-corrected chi connectivity index (χ0v) is 20.2. The number of aromatic carboxylic acids is 1. The second kappa shape index (κ2) is 9.58. The minimum absolute atomic E-state index is 0.0464. The molecule has 0 radical (unpaired) electrons. The van der Waals surface area contributed by atoms with Crippen LogP contribution < -0.4 is 5.43 Å². The van der Waals surface area contributed by atoms with Crippen LogP contribution >= 0.6 is 11.3 Å². The number of amides is 1. The summed E-state index contributed by atoms with van der Waals surface area (Å²) >= 11 is 1.42. The lowest BCUT2D eigenvalue weighted by molar-refractivity contribution is 0.0696. The van der Waals surface area contributed by atoms with Gasteiger partial charge in [0, 0.05) is 10.9 Å². The first-order valence-corrected chi connectivity index (χ1v) is 11.5. The van der Waals surface area contributed by atoms with Crippen LogP contribution in [-0.2, 0) is 5.41 Å². The maximum atomic E-state index is 12.5. The predicted octanol–water partition coefficient (Wildman–Crippen LogP) is 5.91. The molecule has 2 aromatic carbocycles. The van der Waals surface area contributed by atoms with Crippen molar-refractivity contribution in [1.29, 1.82) is 0 Å². The first-order valence-electron chi connectivity index (χ1n) is 10.6. The van der Waals surface area contributed by atoms with Crippen molar-refractivity contribution in [2.24, 2.45) is 11.0 Å². The summed E-state index contributed by atoms with van der Waals surface area (Å²) in [5.74, 6) is -1.44. The van der Waals surface area contributed by atoms with E-state index in [0.29, 0.717) is 16.8 Å². The van der Waals surface area contributed by atoms with Crippen LogP contribution in [0.2, 0.25) is 0 Å². The maximum absolute atomic E-state index is 12.5. The summed E-state index contributed by atoms with van der Waals surface area (Å²) in [5.41, 5.74) is 6.22. The number of nitrogens with one attached hydrogen (secondary N) is 1. The molecule has 0 bridgehead atoms. The van der Waals surface area contributed by atoms with Crippen molar-refractivity contribution in [2.45, 2.75) is 40.0 Å². The number of hydrazone groups is 1. The van der Waals surface area contributed by atoms with Crippen LogP contribution in [0.1, 0.15) is 66.5 Å². The Morgan fingerprint density at radius 3 is 2.06 bits per heavy atom. The molecule has 33 heavy (non-hydrogen) atoms. The molecular formula is C26H28N2O4S. The molecular weight excluding hydrogens is 436 g/mol. The fourth-order valence-electron chi connectivity index (χ4n) is 3.30. The molecule has 3 N–H and O–H groups in total. The summed E-state index contributed by atoms with van der Waals surface area (Å²) in [6, 6.07) is 13.8. The Kier molecular flexibility index (Phi) is 7.03. The van der Waals surface area contributed by atoms with Gasteiger partial charge in [-0.25, -0.2) is 10.2 Å². The number of carboxylic acids is 1. The third kappa shape index (κ3) is 5.49. The maximum Gasteiger partial charge on any atom is 0.335 e. The highest BCUT2D eigenvalue weighted by atomic mass is 32.1. The van der Waals surface area contributed by atoms with Crippen LogP contribution in [0.15, 0.2) is 59.0 Å². The van der Waals surface area contributed by atoms with Gasteiger partial charge in [-0.15, -0.1) is 11.3 Å². The highest BCUT2D eigenvalue weighted by Crippen LogP contribution is 2.40. The van der Waals surface area contributed by atoms with Gasteiger partial charge in [0.25, 0.3) is 5.91 Å². The summed E-state index contributed by atoms with van der Waals surface area (Å²) < 4.78 is 0. The van der Waals surface area contributed by atoms with E-state index in [4.69, 9.17) is 5.11 Å². The number of aromatic hydroxyl groups is 1. The van der Waals surface area contributed by atoms with E-state index in [2.05, 4.69) is 43.4 Å². The number of rotatable bonds is 6. The predicted molar refractivity (Wildman–Crippen MR) is 132 cm³/mol. The second-order valence-corrected chi connectivity index (χ2v) is 10.0. The normalized spacial score (nSPS) is 12.1.